The van der Waals surface area contributed by atoms with Crippen LogP contribution in [0.1, 0.15) is 23.7 Å². The quantitative estimate of drug-likeness (QED) is 0.809. The van der Waals surface area contributed by atoms with Gasteiger partial charge < -0.3 is 10.1 Å². The molecule has 0 saturated heterocycles. The minimum atomic E-state index is -0.0601. The molecule has 0 aliphatic heterocycles. The van der Waals surface area contributed by atoms with Crippen molar-refractivity contribution >= 4 is 16.8 Å². The second kappa shape index (κ2) is 6.85. The van der Waals surface area contributed by atoms with E-state index in [4.69, 9.17) is 4.74 Å². The van der Waals surface area contributed by atoms with E-state index in [1.165, 1.54) is 0 Å². The average molecular weight is 258 g/mol. The van der Waals surface area contributed by atoms with E-state index in [-0.39, 0.29) is 5.91 Å². The van der Waals surface area contributed by atoms with Gasteiger partial charge in [0, 0.05) is 31.3 Å². The molecule has 0 bridgehead atoms. The zero-order valence-corrected chi connectivity index (χ0v) is 11.1. The number of carbonyl (C=O) groups is 1. The number of nitrogens with zero attached hydrogens (tertiary/aromatic N) is 1. The zero-order chi connectivity index (χ0) is 13.5. The summed E-state index contributed by atoms with van der Waals surface area (Å²) in [6.07, 6.45) is 2.49. The predicted octanol–water partition coefficient (Wildman–Crippen LogP) is 2.39. The number of benzene rings is 1. The van der Waals surface area contributed by atoms with E-state index in [9.17, 15) is 4.79 Å². The van der Waals surface area contributed by atoms with Gasteiger partial charge >= 0.3 is 0 Å². The highest BCUT2D eigenvalue weighted by atomic mass is 16.5. The largest absolute Gasteiger partial charge is 0.382 e. The fraction of sp³-hybridized carbons (Fsp3) is 0.333. The third-order valence-electron chi connectivity index (χ3n) is 2.85. The lowest BCUT2D eigenvalue weighted by Crippen LogP contribution is -2.25. The minimum Gasteiger partial charge on any atom is -0.382 e. The van der Waals surface area contributed by atoms with E-state index in [0.717, 1.165) is 17.3 Å². The van der Waals surface area contributed by atoms with Gasteiger partial charge in [-0.3, -0.25) is 9.78 Å². The van der Waals surface area contributed by atoms with Crippen molar-refractivity contribution in [3.05, 3.63) is 42.1 Å². The molecule has 2 aromatic rings. The number of pyridine rings is 1. The fourth-order valence-corrected chi connectivity index (χ4v) is 1.91. The molecule has 1 aromatic carbocycles. The Kier molecular flexibility index (Phi) is 4.86. The number of hydrogen-bond donors (Lipinski definition) is 1. The predicted molar refractivity (Wildman–Crippen MR) is 75.2 cm³/mol. The van der Waals surface area contributed by atoms with Crippen LogP contribution in [0.4, 0.5) is 0 Å². The molecular weight excluding hydrogens is 240 g/mol. The lowest BCUT2D eigenvalue weighted by atomic mass is 10.1. The van der Waals surface area contributed by atoms with Gasteiger partial charge in [-0.1, -0.05) is 18.2 Å². The monoisotopic (exact) mass is 258 g/mol. The SMILES string of the molecule is CCOCCCNC(=O)c1ccnc2ccccc12. The van der Waals surface area contributed by atoms with Gasteiger partial charge in [0.2, 0.25) is 0 Å². The smallest absolute Gasteiger partial charge is 0.252 e. The Hall–Kier alpha value is -1.94. The normalized spacial score (nSPS) is 10.6. The molecule has 1 amide bonds. The van der Waals surface area contributed by atoms with Crippen LogP contribution < -0.4 is 5.32 Å². The van der Waals surface area contributed by atoms with Crippen LogP contribution in [0.15, 0.2) is 36.5 Å². The summed E-state index contributed by atoms with van der Waals surface area (Å²) < 4.78 is 5.23. The first-order chi connectivity index (χ1) is 9.33. The molecule has 19 heavy (non-hydrogen) atoms. The summed E-state index contributed by atoms with van der Waals surface area (Å²) in [5.74, 6) is -0.0601. The topological polar surface area (TPSA) is 51.2 Å². The van der Waals surface area contributed by atoms with Crippen molar-refractivity contribution in [1.29, 1.82) is 0 Å². The van der Waals surface area contributed by atoms with Crippen molar-refractivity contribution in [2.24, 2.45) is 0 Å². The highest BCUT2D eigenvalue weighted by Crippen LogP contribution is 2.15. The maximum absolute atomic E-state index is 12.1. The van der Waals surface area contributed by atoms with E-state index in [0.29, 0.717) is 25.3 Å². The first-order valence-corrected chi connectivity index (χ1v) is 6.52. The number of ether oxygens (including phenoxy) is 1. The van der Waals surface area contributed by atoms with E-state index in [1.54, 1.807) is 12.3 Å². The number of fused-ring (bicyclic) bond motifs is 1. The molecule has 0 atom stereocenters. The molecule has 0 radical (unpaired) electrons. The summed E-state index contributed by atoms with van der Waals surface area (Å²) >= 11 is 0. The molecule has 4 nitrogen and oxygen atoms in total. The van der Waals surface area contributed by atoms with Gasteiger partial charge in [-0.2, -0.15) is 0 Å². The molecule has 0 unspecified atom stereocenters. The lowest BCUT2D eigenvalue weighted by Gasteiger charge is -2.07. The van der Waals surface area contributed by atoms with Crippen molar-refractivity contribution in [2.45, 2.75) is 13.3 Å². The first kappa shape index (κ1) is 13.5. The molecule has 100 valence electrons. The summed E-state index contributed by atoms with van der Waals surface area (Å²) in [6, 6.07) is 9.40. The van der Waals surface area contributed by atoms with Crippen LogP contribution in [0.25, 0.3) is 10.9 Å². The highest BCUT2D eigenvalue weighted by Gasteiger charge is 2.09. The Balaban J connectivity index is 2.01. The fourth-order valence-electron chi connectivity index (χ4n) is 1.91. The van der Waals surface area contributed by atoms with Crippen molar-refractivity contribution < 1.29 is 9.53 Å². The Labute approximate surface area is 112 Å². The number of aromatic nitrogens is 1. The van der Waals surface area contributed by atoms with Crippen molar-refractivity contribution in [3.8, 4) is 0 Å². The van der Waals surface area contributed by atoms with E-state index in [1.807, 2.05) is 31.2 Å². The number of rotatable bonds is 6. The van der Waals surface area contributed by atoms with Crippen molar-refractivity contribution in [3.63, 3.8) is 0 Å². The van der Waals surface area contributed by atoms with E-state index in [2.05, 4.69) is 10.3 Å². The maximum atomic E-state index is 12.1. The van der Waals surface area contributed by atoms with Crippen molar-refractivity contribution in [1.82, 2.24) is 10.3 Å². The summed E-state index contributed by atoms with van der Waals surface area (Å²) in [5.41, 5.74) is 1.51. The molecule has 0 spiro atoms. The molecule has 1 heterocycles. The minimum absolute atomic E-state index is 0.0601. The molecule has 0 aliphatic rings. The van der Waals surface area contributed by atoms with Gasteiger partial charge in [-0.05, 0) is 25.5 Å². The number of para-hydroxylation sites is 1. The van der Waals surface area contributed by atoms with Crippen LogP contribution in [0.3, 0.4) is 0 Å². The van der Waals surface area contributed by atoms with Gasteiger partial charge in [-0.15, -0.1) is 0 Å². The van der Waals surface area contributed by atoms with Crippen LogP contribution >= 0.6 is 0 Å². The average Bonchev–Trinajstić information content (AvgIpc) is 2.46. The Morgan fingerprint density at radius 3 is 3.00 bits per heavy atom. The van der Waals surface area contributed by atoms with E-state index < -0.39 is 0 Å². The van der Waals surface area contributed by atoms with Gasteiger partial charge in [0.25, 0.3) is 5.91 Å². The third-order valence-corrected chi connectivity index (χ3v) is 2.85. The molecule has 1 N–H and O–H groups in total. The van der Waals surface area contributed by atoms with Crippen LogP contribution in [0.5, 0.6) is 0 Å². The van der Waals surface area contributed by atoms with Gasteiger partial charge in [0.1, 0.15) is 0 Å². The van der Waals surface area contributed by atoms with Gasteiger partial charge in [0.05, 0.1) is 11.1 Å². The molecular formula is C15H18N2O2. The number of amides is 1. The summed E-state index contributed by atoms with van der Waals surface area (Å²) in [5, 5.41) is 3.79. The second-order valence-electron chi connectivity index (χ2n) is 4.18. The molecule has 0 saturated carbocycles. The van der Waals surface area contributed by atoms with Gasteiger partial charge in [-0.25, -0.2) is 0 Å². The molecule has 4 heteroatoms. The zero-order valence-electron chi connectivity index (χ0n) is 11.1. The number of carbonyl (C=O) groups excluding carboxylic acids is 1. The van der Waals surface area contributed by atoms with Crippen LogP contribution in [0, 0.1) is 0 Å². The molecule has 2 rings (SSSR count). The summed E-state index contributed by atoms with van der Waals surface area (Å²) in [7, 11) is 0. The summed E-state index contributed by atoms with van der Waals surface area (Å²) in [6.45, 7) is 3.97. The lowest BCUT2D eigenvalue weighted by molar-refractivity contribution is 0.0946. The summed E-state index contributed by atoms with van der Waals surface area (Å²) in [4.78, 5) is 16.4. The Morgan fingerprint density at radius 2 is 2.16 bits per heavy atom. The van der Waals surface area contributed by atoms with Crippen LogP contribution in [-0.2, 0) is 4.74 Å². The third kappa shape index (κ3) is 3.51. The van der Waals surface area contributed by atoms with Crippen LogP contribution in [-0.4, -0.2) is 30.6 Å². The van der Waals surface area contributed by atoms with Gasteiger partial charge in [0.15, 0.2) is 0 Å². The maximum Gasteiger partial charge on any atom is 0.252 e. The first-order valence-electron chi connectivity index (χ1n) is 6.52. The molecule has 0 aliphatic carbocycles. The molecule has 1 aromatic heterocycles. The van der Waals surface area contributed by atoms with Crippen molar-refractivity contribution in [2.75, 3.05) is 19.8 Å². The van der Waals surface area contributed by atoms with E-state index >= 15 is 0 Å². The molecule has 0 fully saturated rings. The highest BCUT2D eigenvalue weighted by molar-refractivity contribution is 6.05. The number of nitrogens with one attached hydrogen (secondary N) is 1. The Morgan fingerprint density at radius 1 is 1.32 bits per heavy atom. The van der Waals surface area contributed by atoms with Crippen LogP contribution in [0.2, 0.25) is 0 Å². The second-order valence-corrected chi connectivity index (χ2v) is 4.18. The standard InChI is InChI=1S/C15H18N2O2/c1-2-19-11-5-9-17-15(18)13-8-10-16-14-7-4-3-6-12(13)14/h3-4,6-8,10H,2,5,9,11H2,1H3,(H,17,18). The Bertz CT molecular complexity index is 549. The number of hydrogen-bond acceptors (Lipinski definition) is 3.